The second-order valence-corrected chi connectivity index (χ2v) is 6.17. The third kappa shape index (κ3) is 2.30. The van der Waals surface area contributed by atoms with Crippen LogP contribution < -0.4 is 4.90 Å². The zero-order chi connectivity index (χ0) is 14.1. The molecular weight excluding hydrogens is 248 g/mol. The highest BCUT2D eigenvalue weighted by atomic mass is 16.2. The van der Waals surface area contributed by atoms with Gasteiger partial charge in [-0.25, -0.2) is 0 Å². The van der Waals surface area contributed by atoms with Crippen molar-refractivity contribution in [3.05, 3.63) is 29.8 Å². The predicted molar refractivity (Wildman–Crippen MR) is 81.7 cm³/mol. The highest BCUT2D eigenvalue weighted by molar-refractivity contribution is 5.80. The maximum atomic E-state index is 12.7. The smallest absolute Gasteiger partial charge is 0.226 e. The van der Waals surface area contributed by atoms with Crippen LogP contribution in [0.2, 0.25) is 0 Å². The Morgan fingerprint density at radius 3 is 2.70 bits per heavy atom. The molecule has 1 aliphatic heterocycles. The summed E-state index contributed by atoms with van der Waals surface area (Å²) in [6, 6.07) is 8.81. The Labute approximate surface area is 121 Å². The van der Waals surface area contributed by atoms with E-state index in [0.29, 0.717) is 17.9 Å². The number of benzene rings is 1. The number of para-hydroxylation sites is 1. The van der Waals surface area contributed by atoms with Crippen LogP contribution in [-0.4, -0.2) is 30.4 Å². The Balaban J connectivity index is 1.90. The summed E-state index contributed by atoms with van der Waals surface area (Å²) in [5.74, 6) is 0.674. The van der Waals surface area contributed by atoms with Crippen LogP contribution in [0.1, 0.15) is 38.2 Å². The third-order valence-electron chi connectivity index (χ3n) is 4.88. The minimum atomic E-state index is 0.291. The number of rotatable bonds is 2. The maximum absolute atomic E-state index is 12.7. The minimum absolute atomic E-state index is 0.291. The van der Waals surface area contributed by atoms with Gasteiger partial charge in [-0.3, -0.25) is 4.79 Å². The maximum Gasteiger partial charge on any atom is 0.226 e. The Morgan fingerprint density at radius 1 is 1.30 bits per heavy atom. The van der Waals surface area contributed by atoms with Gasteiger partial charge in [-0.05, 0) is 30.9 Å². The molecule has 1 aromatic rings. The van der Waals surface area contributed by atoms with E-state index in [4.69, 9.17) is 0 Å². The molecule has 1 aromatic carbocycles. The third-order valence-corrected chi connectivity index (χ3v) is 4.88. The van der Waals surface area contributed by atoms with Crippen LogP contribution in [0.4, 0.5) is 5.69 Å². The van der Waals surface area contributed by atoms with E-state index in [1.807, 2.05) is 0 Å². The van der Waals surface area contributed by atoms with Gasteiger partial charge in [0.25, 0.3) is 0 Å². The number of fused-ring (bicyclic) bond motifs is 1. The molecule has 0 saturated heterocycles. The molecule has 1 aliphatic carbocycles. The highest BCUT2D eigenvalue weighted by Gasteiger charge is 2.34. The largest absolute Gasteiger partial charge is 0.372 e. The average molecular weight is 272 g/mol. The summed E-state index contributed by atoms with van der Waals surface area (Å²) in [6.45, 7) is 3.90. The molecule has 1 heterocycles. The fourth-order valence-corrected chi connectivity index (χ4v) is 3.34. The van der Waals surface area contributed by atoms with Crippen molar-refractivity contribution in [2.24, 2.45) is 5.92 Å². The number of amides is 1. The molecule has 0 N–H and O–H groups in total. The van der Waals surface area contributed by atoms with Crippen molar-refractivity contribution in [3.63, 3.8) is 0 Å². The van der Waals surface area contributed by atoms with Gasteiger partial charge in [0, 0.05) is 37.8 Å². The van der Waals surface area contributed by atoms with Gasteiger partial charge in [0.2, 0.25) is 5.91 Å². The zero-order valence-corrected chi connectivity index (χ0v) is 12.5. The average Bonchev–Trinajstić information content (AvgIpc) is 2.54. The molecule has 1 atom stereocenters. The van der Waals surface area contributed by atoms with Crippen molar-refractivity contribution in [3.8, 4) is 0 Å². The topological polar surface area (TPSA) is 23.6 Å². The molecule has 1 saturated carbocycles. The summed E-state index contributed by atoms with van der Waals surface area (Å²) < 4.78 is 0. The van der Waals surface area contributed by atoms with Crippen LogP contribution in [0.3, 0.4) is 0 Å². The van der Waals surface area contributed by atoms with Gasteiger partial charge >= 0.3 is 0 Å². The Kier molecular flexibility index (Phi) is 3.68. The predicted octanol–water partition coefficient (Wildman–Crippen LogP) is 3.04. The van der Waals surface area contributed by atoms with E-state index in [0.717, 1.165) is 32.4 Å². The standard InChI is InChI=1S/C17H24N2O/c1-3-15-12-18(2)16-10-5-4-7-14(16)11-19(15)17(20)13-8-6-9-13/h4-5,7,10,13,15H,3,6,8-9,11-12H2,1-2H3. The van der Waals surface area contributed by atoms with Crippen molar-refractivity contribution >= 4 is 11.6 Å². The van der Waals surface area contributed by atoms with E-state index < -0.39 is 0 Å². The monoisotopic (exact) mass is 272 g/mol. The second kappa shape index (κ2) is 5.47. The number of likely N-dealkylation sites (N-methyl/N-ethyl adjacent to an activating group) is 1. The first-order chi connectivity index (χ1) is 9.70. The summed E-state index contributed by atoms with van der Waals surface area (Å²) >= 11 is 0. The number of nitrogens with zero attached hydrogens (tertiary/aromatic N) is 2. The zero-order valence-electron chi connectivity index (χ0n) is 12.5. The summed E-state index contributed by atoms with van der Waals surface area (Å²) in [5.41, 5.74) is 2.55. The van der Waals surface area contributed by atoms with Crippen molar-refractivity contribution in [1.29, 1.82) is 0 Å². The fourth-order valence-electron chi connectivity index (χ4n) is 3.34. The molecule has 1 amide bonds. The first kappa shape index (κ1) is 13.5. The number of anilines is 1. The Morgan fingerprint density at radius 2 is 2.05 bits per heavy atom. The normalized spacial score (nSPS) is 23.0. The van der Waals surface area contributed by atoms with Gasteiger partial charge in [-0.15, -0.1) is 0 Å². The Bertz CT molecular complexity index is 496. The van der Waals surface area contributed by atoms with Crippen molar-refractivity contribution in [2.75, 3.05) is 18.5 Å². The quantitative estimate of drug-likeness (QED) is 0.826. The van der Waals surface area contributed by atoms with Crippen molar-refractivity contribution in [1.82, 2.24) is 4.90 Å². The van der Waals surface area contributed by atoms with Crippen LogP contribution in [0.15, 0.2) is 24.3 Å². The van der Waals surface area contributed by atoms with E-state index in [2.05, 4.69) is 48.0 Å². The molecular formula is C17H24N2O. The van der Waals surface area contributed by atoms with Crippen LogP contribution in [0, 0.1) is 5.92 Å². The molecule has 108 valence electrons. The lowest BCUT2D eigenvalue weighted by atomic mass is 9.84. The van der Waals surface area contributed by atoms with E-state index in [-0.39, 0.29) is 0 Å². The molecule has 3 nitrogen and oxygen atoms in total. The van der Waals surface area contributed by atoms with E-state index in [1.54, 1.807) is 0 Å². The molecule has 0 spiro atoms. The summed E-state index contributed by atoms with van der Waals surface area (Å²) in [5, 5.41) is 0. The Hall–Kier alpha value is -1.51. The summed E-state index contributed by atoms with van der Waals surface area (Å²) in [7, 11) is 2.14. The van der Waals surface area contributed by atoms with Gasteiger partial charge < -0.3 is 9.80 Å². The summed E-state index contributed by atoms with van der Waals surface area (Å²) in [6.07, 6.45) is 4.42. The molecule has 0 radical (unpaired) electrons. The van der Waals surface area contributed by atoms with E-state index in [9.17, 15) is 4.79 Å². The highest BCUT2D eigenvalue weighted by Crippen LogP contribution is 2.33. The number of hydrogen-bond acceptors (Lipinski definition) is 2. The van der Waals surface area contributed by atoms with Gasteiger partial charge in [0.1, 0.15) is 0 Å². The molecule has 3 heteroatoms. The van der Waals surface area contributed by atoms with Gasteiger partial charge in [-0.1, -0.05) is 31.5 Å². The number of hydrogen-bond donors (Lipinski definition) is 0. The van der Waals surface area contributed by atoms with E-state index >= 15 is 0 Å². The molecule has 1 fully saturated rings. The van der Waals surface area contributed by atoms with Gasteiger partial charge in [0.15, 0.2) is 0 Å². The van der Waals surface area contributed by atoms with Crippen molar-refractivity contribution < 1.29 is 4.79 Å². The molecule has 20 heavy (non-hydrogen) atoms. The molecule has 3 rings (SSSR count). The molecule has 0 aromatic heterocycles. The molecule has 0 bridgehead atoms. The second-order valence-electron chi connectivity index (χ2n) is 6.17. The first-order valence-electron chi connectivity index (χ1n) is 7.80. The minimum Gasteiger partial charge on any atom is -0.372 e. The molecule has 1 unspecified atom stereocenters. The fraction of sp³-hybridized carbons (Fsp3) is 0.588. The van der Waals surface area contributed by atoms with Crippen LogP contribution >= 0.6 is 0 Å². The summed E-state index contributed by atoms with van der Waals surface area (Å²) in [4.78, 5) is 17.2. The number of carbonyl (C=O) groups is 1. The van der Waals surface area contributed by atoms with E-state index in [1.165, 1.54) is 17.7 Å². The lowest BCUT2D eigenvalue weighted by molar-refractivity contribution is -0.141. The lowest BCUT2D eigenvalue weighted by Gasteiger charge is -2.36. The number of carbonyl (C=O) groups excluding carboxylic acids is 1. The van der Waals surface area contributed by atoms with Crippen LogP contribution in [0.5, 0.6) is 0 Å². The van der Waals surface area contributed by atoms with Gasteiger partial charge in [-0.2, -0.15) is 0 Å². The van der Waals surface area contributed by atoms with Crippen molar-refractivity contribution in [2.45, 2.75) is 45.2 Å². The molecule has 2 aliphatic rings. The van der Waals surface area contributed by atoms with Crippen LogP contribution in [-0.2, 0) is 11.3 Å². The lowest BCUT2D eigenvalue weighted by Crippen LogP contribution is -2.47. The SMILES string of the molecule is CCC1CN(C)c2ccccc2CN1C(=O)C1CCC1. The van der Waals surface area contributed by atoms with Gasteiger partial charge in [0.05, 0.1) is 0 Å². The first-order valence-corrected chi connectivity index (χ1v) is 7.80. The van der Waals surface area contributed by atoms with Crippen LogP contribution in [0.25, 0.3) is 0 Å².